The van der Waals surface area contributed by atoms with Crippen LogP contribution in [0.1, 0.15) is 33.1 Å². The Balaban J connectivity index is 2.93. The quantitative estimate of drug-likeness (QED) is 0.693. The fraction of sp³-hybridized carbons (Fsp3) is 0.769. The molecule has 1 fully saturated rings. The molecule has 19 heavy (non-hydrogen) atoms. The number of alkyl halides is 3. The van der Waals surface area contributed by atoms with Crippen molar-refractivity contribution in [2.75, 3.05) is 13.7 Å². The predicted molar refractivity (Wildman–Crippen MR) is 73.8 cm³/mol. The number of rotatable bonds is 3. The number of hydrogen-bond acceptors (Lipinski definition) is 2. The maximum Gasteiger partial charge on any atom is 0.434 e. The third kappa shape index (κ3) is 4.31. The number of halogens is 4. The highest BCUT2D eigenvalue weighted by Crippen LogP contribution is 2.33. The number of aliphatic imine (C=N–C) groups is 1. The summed E-state index contributed by atoms with van der Waals surface area (Å²) < 4.78 is 44.1. The molecule has 1 aliphatic rings. The van der Waals surface area contributed by atoms with Crippen molar-refractivity contribution in [3.05, 3.63) is 10.1 Å². The Kier molecular flexibility index (Phi) is 6.05. The lowest BCUT2D eigenvalue weighted by Gasteiger charge is -2.29. The van der Waals surface area contributed by atoms with Crippen LogP contribution in [0.4, 0.5) is 13.2 Å². The number of nitrogens with zero attached hydrogens (tertiary/aromatic N) is 1. The van der Waals surface area contributed by atoms with Crippen LogP contribution in [0.5, 0.6) is 0 Å². The first-order chi connectivity index (χ1) is 8.79. The molecule has 0 bridgehead atoms. The summed E-state index contributed by atoms with van der Waals surface area (Å²) in [6.07, 6.45) is -1.47. The molecule has 2 atom stereocenters. The van der Waals surface area contributed by atoms with E-state index in [-0.39, 0.29) is 16.5 Å². The normalized spacial score (nSPS) is 25.0. The molecule has 0 aliphatic carbocycles. The highest BCUT2D eigenvalue weighted by molar-refractivity contribution is 9.12. The van der Waals surface area contributed by atoms with Gasteiger partial charge in [-0.05, 0) is 42.1 Å². The van der Waals surface area contributed by atoms with Gasteiger partial charge in [-0.3, -0.25) is 4.99 Å². The molecule has 1 aliphatic heterocycles. The van der Waals surface area contributed by atoms with Crippen LogP contribution in [0.15, 0.2) is 15.0 Å². The Morgan fingerprint density at radius 3 is 2.42 bits per heavy atom. The number of ether oxygens (including phenoxy) is 1. The molecule has 2 nitrogen and oxygen atoms in total. The molecule has 0 amide bonds. The Bertz CT molecular complexity index is 371. The van der Waals surface area contributed by atoms with E-state index in [9.17, 15) is 13.2 Å². The van der Waals surface area contributed by atoms with E-state index in [2.05, 4.69) is 20.9 Å². The van der Waals surface area contributed by atoms with Crippen molar-refractivity contribution in [1.29, 1.82) is 0 Å². The second kappa shape index (κ2) is 6.88. The zero-order chi connectivity index (χ0) is 14.6. The average Bonchev–Trinajstić information content (AvgIpc) is 2.37. The van der Waals surface area contributed by atoms with E-state index in [1.165, 1.54) is 0 Å². The van der Waals surface area contributed by atoms with E-state index in [1.807, 2.05) is 6.92 Å². The SMILES string of the molecule is CN=C(/C(Br)=C(/C)[C@@H](C)C1CCCCO1)C(F)(F)F. The van der Waals surface area contributed by atoms with Crippen LogP contribution in [0.3, 0.4) is 0 Å². The van der Waals surface area contributed by atoms with E-state index in [0.717, 1.165) is 26.3 Å². The molecule has 0 aromatic heterocycles. The largest absolute Gasteiger partial charge is 0.434 e. The van der Waals surface area contributed by atoms with Gasteiger partial charge in [0.1, 0.15) is 0 Å². The molecule has 1 heterocycles. The Morgan fingerprint density at radius 2 is 2.00 bits per heavy atom. The van der Waals surface area contributed by atoms with Gasteiger partial charge >= 0.3 is 6.18 Å². The lowest BCUT2D eigenvalue weighted by Crippen LogP contribution is -2.29. The maximum absolute atomic E-state index is 12.8. The van der Waals surface area contributed by atoms with Crippen LogP contribution < -0.4 is 0 Å². The van der Waals surface area contributed by atoms with Crippen molar-refractivity contribution in [2.45, 2.75) is 45.4 Å². The van der Waals surface area contributed by atoms with Crippen LogP contribution in [-0.4, -0.2) is 31.6 Å². The van der Waals surface area contributed by atoms with Crippen molar-refractivity contribution in [2.24, 2.45) is 10.9 Å². The average molecular weight is 342 g/mol. The van der Waals surface area contributed by atoms with Crippen molar-refractivity contribution in [3.8, 4) is 0 Å². The fourth-order valence-corrected chi connectivity index (χ4v) is 2.94. The standard InChI is InChI=1S/C13H19BrF3NO/c1-8(10-6-4-5-7-19-10)9(2)11(14)12(18-3)13(15,16)17/h8,10H,4-7H2,1-3H3/b11-9+,18-12?/t8-,10?/m1/s1. The minimum Gasteiger partial charge on any atom is -0.378 e. The van der Waals surface area contributed by atoms with Gasteiger partial charge in [0.05, 0.1) is 6.10 Å². The van der Waals surface area contributed by atoms with Gasteiger partial charge in [-0.15, -0.1) is 0 Å². The molecule has 0 N–H and O–H groups in total. The topological polar surface area (TPSA) is 21.6 Å². The summed E-state index contributed by atoms with van der Waals surface area (Å²) in [5.74, 6) is -0.0613. The van der Waals surface area contributed by atoms with Crippen molar-refractivity contribution >= 4 is 21.6 Å². The zero-order valence-corrected chi connectivity index (χ0v) is 12.9. The van der Waals surface area contributed by atoms with Gasteiger partial charge in [-0.2, -0.15) is 13.2 Å². The van der Waals surface area contributed by atoms with Crippen LogP contribution in [0, 0.1) is 5.92 Å². The minimum absolute atomic E-state index is 0.00682. The van der Waals surface area contributed by atoms with Crippen LogP contribution in [0.25, 0.3) is 0 Å². The summed E-state index contributed by atoms with van der Waals surface area (Å²) in [5.41, 5.74) is -0.238. The summed E-state index contributed by atoms with van der Waals surface area (Å²) in [5, 5.41) is 0. The van der Waals surface area contributed by atoms with Crippen molar-refractivity contribution in [1.82, 2.24) is 0 Å². The first-order valence-corrected chi connectivity index (χ1v) is 7.10. The molecule has 0 aromatic carbocycles. The van der Waals surface area contributed by atoms with E-state index in [0.29, 0.717) is 12.2 Å². The number of hydrogen-bond donors (Lipinski definition) is 0. The van der Waals surface area contributed by atoms with Gasteiger partial charge < -0.3 is 4.74 Å². The Hall–Kier alpha value is -0.360. The lowest BCUT2D eigenvalue weighted by atomic mass is 9.90. The molecule has 6 heteroatoms. The second-order valence-corrected chi connectivity index (χ2v) is 5.55. The first kappa shape index (κ1) is 16.7. The smallest absolute Gasteiger partial charge is 0.378 e. The number of allylic oxidation sites excluding steroid dienone is 1. The van der Waals surface area contributed by atoms with Gasteiger partial charge in [-0.1, -0.05) is 12.5 Å². The van der Waals surface area contributed by atoms with Gasteiger partial charge in [0.15, 0.2) is 5.71 Å². The second-order valence-electron chi connectivity index (χ2n) is 4.76. The summed E-state index contributed by atoms with van der Waals surface area (Å²) in [6.45, 7) is 4.29. The van der Waals surface area contributed by atoms with Crippen LogP contribution >= 0.6 is 15.9 Å². The molecule has 1 rings (SSSR count). The Labute approximate surface area is 120 Å². The Morgan fingerprint density at radius 1 is 1.37 bits per heavy atom. The minimum atomic E-state index is -4.44. The lowest BCUT2D eigenvalue weighted by molar-refractivity contribution is -0.0580. The molecular formula is C13H19BrF3NO. The van der Waals surface area contributed by atoms with Crippen molar-refractivity contribution < 1.29 is 17.9 Å². The molecule has 0 spiro atoms. The summed E-state index contributed by atoms with van der Waals surface area (Å²) >= 11 is 3.05. The predicted octanol–water partition coefficient (Wildman–Crippen LogP) is 4.49. The highest BCUT2D eigenvalue weighted by atomic mass is 79.9. The molecule has 110 valence electrons. The van der Waals surface area contributed by atoms with E-state index in [1.54, 1.807) is 6.92 Å². The third-order valence-corrected chi connectivity index (χ3v) is 4.50. The van der Waals surface area contributed by atoms with Crippen molar-refractivity contribution in [3.63, 3.8) is 0 Å². The van der Waals surface area contributed by atoms with Crippen LogP contribution in [0.2, 0.25) is 0 Å². The van der Waals surface area contributed by atoms with E-state index in [4.69, 9.17) is 4.74 Å². The summed E-state index contributed by atoms with van der Waals surface area (Å²) in [7, 11) is 1.15. The molecule has 1 unspecified atom stereocenters. The molecular weight excluding hydrogens is 323 g/mol. The van der Waals surface area contributed by atoms with Gasteiger partial charge in [0.2, 0.25) is 0 Å². The van der Waals surface area contributed by atoms with Crippen LogP contribution in [-0.2, 0) is 4.74 Å². The monoisotopic (exact) mass is 341 g/mol. The molecule has 0 aromatic rings. The zero-order valence-electron chi connectivity index (χ0n) is 11.4. The summed E-state index contributed by atoms with van der Waals surface area (Å²) in [4.78, 5) is 3.35. The van der Waals surface area contributed by atoms with E-state index < -0.39 is 11.9 Å². The highest BCUT2D eigenvalue weighted by Gasteiger charge is 2.38. The maximum atomic E-state index is 12.8. The molecule has 0 radical (unpaired) electrons. The molecule has 1 saturated heterocycles. The first-order valence-electron chi connectivity index (χ1n) is 6.31. The molecule has 0 saturated carbocycles. The van der Waals surface area contributed by atoms with Gasteiger partial charge in [0, 0.05) is 24.1 Å². The summed E-state index contributed by atoms with van der Waals surface area (Å²) in [6, 6.07) is 0. The fourth-order valence-electron chi connectivity index (χ4n) is 2.17. The van der Waals surface area contributed by atoms with Gasteiger partial charge in [0.25, 0.3) is 0 Å². The van der Waals surface area contributed by atoms with E-state index >= 15 is 0 Å². The van der Waals surface area contributed by atoms with Gasteiger partial charge in [-0.25, -0.2) is 0 Å². The third-order valence-electron chi connectivity index (χ3n) is 3.50.